The first-order chi connectivity index (χ1) is 14.2. The SMILES string of the molecule is Cc1ccc(S(=O)(=O)N2CCC(NC(=O)NC3CCN(CC(C)C)CC3)CC2)cc1. The van der Waals surface area contributed by atoms with Crippen molar-refractivity contribution in [1.82, 2.24) is 19.8 Å². The zero-order chi connectivity index (χ0) is 21.7. The lowest BCUT2D eigenvalue weighted by molar-refractivity contribution is 0.176. The van der Waals surface area contributed by atoms with Gasteiger partial charge in [-0.1, -0.05) is 31.5 Å². The number of rotatable bonds is 6. The van der Waals surface area contributed by atoms with E-state index < -0.39 is 10.0 Å². The molecule has 0 unspecified atom stereocenters. The molecule has 1 aromatic carbocycles. The van der Waals surface area contributed by atoms with Crippen LogP contribution in [-0.2, 0) is 10.0 Å². The number of urea groups is 1. The molecule has 2 fully saturated rings. The standard InChI is InChI=1S/C22H36N4O3S/c1-17(2)16-25-12-8-19(9-13-25)23-22(27)24-20-10-14-26(15-11-20)30(28,29)21-6-4-18(3)5-7-21/h4-7,17,19-20H,8-16H2,1-3H3,(H2,23,24,27). The molecule has 2 heterocycles. The number of carbonyl (C=O) groups is 1. The third kappa shape index (κ3) is 6.18. The second-order valence-electron chi connectivity index (χ2n) is 9.08. The molecule has 7 nitrogen and oxygen atoms in total. The quantitative estimate of drug-likeness (QED) is 0.718. The van der Waals surface area contributed by atoms with Crippen molar-refractivity contribution in [2.24, 2.45) is 5.92 Å². The number of piperidine rings is 2. The maximum atomic E-state index is 12.8. The van der Waals surface area contributed by atoms with Crippen molar-refractivity contribution in [2.75, 3.05) is 32.7 Å². The summed E-state index contributed by atoms with van der Waals surface area (Å²) in [5.41, 5.74) is 1.04. The summed E-state index contributed by atoms with van der Waals surface area (Å²) in [6.45, 7) is 10.4. The maximum absolute atomic E-state index is 12.8. The van der Waals surface area contributed by atoms with Gasteiger partial charge in [-0.05, 0) is 50.7 Å². The average Bonchev–Trinajstić information content (AvgIpc) is 2.70. The predicted octanol–water partition coefficient (Wildman–Crippen LogP) is 2.57. The molecule has 0 saturated carbocycles. The Kier molecular flexibility index (Phi) is 7.76. The summed E-state index contributed by atoms with van der Waals surface area (Å²) in [6.07, 6.45) is 3.22. The van der Waals surface area contributed by atoms with Crippen LogP contribution in [0.5, 0.6) is 0 Å². The predicted molar refractivity (Wildman–Crippen MR) is 119 cm³/mol. The van der Waals surface area contributed by atoms with E-state index in [0.29, 0.717) is 36.7 Å². The Morgan fingerprint density at radius 1 is 0.967 bits per heavy atom. The fraction of sp³-hybridized carbons (Fsp3) is 0.682. The molecular weight excluding hydrogens is 400 g/mol. The fourth-order valence-corrected chi connectivity index (χ4v) is 5.76. The Morgan fingerprint density at radius 3 is 1.97 bits per heavy atom. The molecule has 0 radical (unpaired) electrons. The van der Waals surface area contributed by atoms with Crippen LogP contribution in [0.1, 0.15) is 45.1 Å². The van der Waals surface area contributed by atoms with Gasteiger partial charge in [-0.2, -0.15) is 4.31 Å². The fourth-order valence-electron chi connectivity index (χ4n) is 4.29. The lowest BCUT2D eigenvalue weighted by Crippen LogP contribution is -2.52. The van der Waals surface area contributed by atoms with Crippen molar-refractivity contribution in [3.05, 3.63) is 29.8 Å². The first kappa shape index (κ1) is 23.0. The molecule has 0 bridgehead atoms. The number of carbonyl (C=O) groups excluding carboxylic acids is 1. The molecule has 0 atom stereocenters. The zero-order valence-electron chi connectivity index (χ0n) is 18.4. The lowest BCUT2D eigenvalue weighted by atomic mass is 10.0. The molecule has 0 aliphatic carbocycles. The number of aryl methyl sites for hydroxylation is 1. The van der Waals surface area contributed by atoms with Crippen molar-refractivity contribution < 1.29 is 13.2 Å². The maximum Gasteiger partial charge on any atom is 0.315 e. The van der Waals surface area contributed by atoms with Gasteiger partial charge < -0.3 is 15.5 Å². The third-order valence-corrected chi connectivity index (χ3v) is 7.91. The van der Waals surface area contributed by atoms with Gasteiger partial charge in [-0.25, -0.2) is 13.2 Å². The third-order valence-electron chi connectivity index (χ3n) is 5.99. The molecule has 30 heavy (non-hydrogen) atoms. The van der Waals surface area contributed by atoms with Gasteiger partial charge in [0.1, 0.15) is 0 Å². The van der Waals surface area contributed by atoms with Crippen molar-refractivity contribution in [3.63, 3.8) is 0 Å². The van der Waals surface area contributed by atoms with Crippen LogP contribution >= 0.6 is 0 Å². The van der Waals surface area contributed by atoms with Gasteiger partial charge in [-0.15, -0.1) is 0 Å². The monoisotopic (exact) mass is 436 g/mol. The minimum atomic E-state index is -3.47. The number of nitrogens with zero attached hydrogens (tertiary/aromatic N) is 2. The molecule has 2 aliphatic rings. The number of hydrogen-bond acceptors (Lipinski definition) is 4. The summed E-state index contributed by atoms with van der Waals surface area (Å²) in [4.78, 5) is 15.2. The van der Waals surface area contributed by atoms with Gasteiger partial charge in [0.15, 0.2) is 0 Å². The number of benzene rings is 1. The number of hydrogen-bond donors (Lipinski definition) is 2. The Morgan fingerprint density at radius 2 is 1.47 bits per heavy atom. The molecule has 1 aromatic rings. The van der Waals surface area contributed by atoms with Gasteiger partial charge in [0.25, 0.3) is 0 Å². The van der Waals surface area contributed by atoms with Crippen molar-refractivity contribution >= 4 is 16.1 Å². The van der Waals surface area contributed by atoms with Crippen LogP contribution in [0.2, 0.25) is 0 Å². The van der Waals surface area contributed by atoms with E-state index in [0.717, 1.165) is 38.0 Å². The average molecular weight is 437 g/mol. The Hall–Kier alpha value is -1.64. The lowest BCUT2D eigenvalue weighted by Gasteiger charge is -2.34. The Balaban J connectivity index is 1.41. The highest BCUT2D eigenvalue weighted by Crippen LogP contribution is 2.21. The van der Waals surface area contributed by atoms with Gasteiger partial charge >= 0.3 is 6.03 Å². The molecule has 8 heteroatoms. The molecule has 168 valence electrons. The molecular formula is C22H36N4O3S. The van der Waals surface area contributed by atoms with E-state index in [4.69, 9.17) is 0 Å². The van der Waals surface area contributed by atoms with Gasteiger partial charge in [0.05, 0.1) is 4.90 Å². The van der Waals surface area contributed by atoms with Gasteiger partial charge in [-0.3, -0.25) is 0 Å². The van der Waals surface area contributed by atoms with E-state index in [1.54, 1.807) is 12.1 Å². The smallest absolute Gasteiger partial charge is 0.315 e. The molecule has 2 aliphatic heterocycles. The molecule has 0 spiro atoms. The van der Waals surface area contributed by atoms with Crippen LogP contribution in [0.25, 0.3) is 0 Å². The minimum absolute atomic E-state index is 0.00972. The summed E-state index contributed by atoms with van der Waals surface area (Å²) < 4.78 is 27.1. The second kappa shape index (κ2) is 10.1. The van der Waals surface area contributed by atoms with Crippen LogP contribution in [0, 0.1) is 12.8 Å². The first-order valence-corrected chi connectivity index (χ1v) is 12.5. The van der Waals surface area contributed by atoms with E-state index >= 15 is 0 Å². The second-order valence-corrected chi connectivity index (χ2v) is 11.0. The molecule has 2 saturated heterocycles. The molecule has 0 aromatic heterocycles. The minimum Gasteiger partial charge on any atom is -0.335 e. The van der Waals surface area contributed by atoms with Crippen LogP contribution < -0.4 is 10.6 Å². The first-order valence-electron chi connectivity index (χ1n) is 11.1. The highest BCUT2D eigenvalue weighted by molar-refractivity contribution is 7.89. The van der Waals surface area contributed by atoms with Crippen molar-refractivity contribution in [2.45, 2.75) is 63.4 Å². The Bertz CT molecular complexity index is 794. The van der Waals surface area contributed by atoms with Crippen LogP contribution in [0.4, 0.5) is 4.79 Å². The number of amides is 2. The molecule has 2 N–H and O–H groups in total. The summed E-state index contributed by atoms with van der Waals surface area (Å²) in [6, 6.07) is 7.06. The summed E-state index contributed by atoms with van der Waals surface area (Å²) in [5.74, 6) is 0.665. The Labute approximate surface area is 181 Å². The van der Waals surface area contributed by atoms with E-state index in [1.807, 2.05) is 19.1 Å². The van der Waals surface area contributed by atoms with Crippen LogP contribution in [0.3, 0.4) is 0 Å². The van der Waals surface area contributed by atoms with Crippen molar-refractivity contribution in [1.29, 1.82) is 0 Å². The number of sulfonamides is 1. The van der Waals surface area contributed by atoms with E-state index in [-0.39, 0.29) is 18.1 Å². The summed E-state index contributed by atoms with van der Waals surface area (Å²) >= 11 is 0. The van der Waals surface area contributed by atoms with Crippen LogP contribution in [-0.4, -0.2) is 68.5 Å². The molecule has 2 amide bonds. The van der Waals surface area contributed by atoms with E-state index in [2.05, 4.69) is 29.4 Å². The number of nitrogens with one attached hydrogen (secondary N) is 2. The molecule has 3 rings (SSSR count). The highest BCUT2D eigenvalue weighted by Gasteiger charge is 2.30. The summed E-state index contributed by atoms with van der Waals surface area (Å²) in [7, 11) is -3.47. The summed E-state index contributed by atoms with van der Waals surface area (Å²) in [5, 5.41) is 6.15. The topological polar surface area (TPSA) is 81.8 Å². The van der Waals surface area contributed by atoms with E-state index in [1.165, 1.54) is 4.31 Å². The highest BCUT2D eigenvalue weighted by atomic mass is 32.2. The normalized spacial score (nSPS) is 20.4. The number of likely N-dealkylation sites (tertiary alicyclic amines) is 1. The van der Waals surface area contributed by atoms with Crippen molar-refractivity contribution in [3.8, 4) is 0 Å². The van der Waals surface area contributed by atoms with Gasteiger partial charge in [0.2, 0.25) is 10.0 Å². The van der Waals surface area contributed by atoms with E-state index in [9.17, 15) is 13.2 Å². The van der Waals surface area contributed by atoms with Gasteiger partial charge in [0, 0.05) is 44.8 Å². The largest absolute Gasteiger partial charge is 0.335 e. The zero-order valence-corrected chi connectivity index (χ0v) is 19.2. The van der Waals surface area contributed by atoms with Crippen LogP contribution in [0.15, 0.2) is 29.2 Å².